The summed E-state index contributed by atoms with van der Waals surface area (Å²) in [7, 11) is 0. The van der Waals surface area contributed by atoms with Crippen LogP contribution >= 0.6 is 0 Å². The standard InChI is InChI=1S/C18H26N4O3/c19-9-5-1-2-8-16(18(24)25)22-17(23)14(20)10-12-11-21-15-7-4-3-6-13(12)15/h3-4,6-7,11,14,16,21H,1-2,5,8-10,19-20H2,(H,22,23)(H,24,25)/t14-,16-/m0/s1. The molecule has 2 rings (SSSR count). The van der Waals surface area contributed by atoms with Crippen LogP contribution in [0, 0.1) is 0 Å². The molecule has 7 N–H and O–H groups in total. The second kappa shape index (κ2) is 9.19. The van der Waals surface area contributed by atoms with E-state index in [0.29, 0.717) is 25.8 Å². The molecule has 136 valence electrons. The second-order valence-electron chi connectivity index (χ2n) is 6.21. The smallest absolute Gasteiger partial charge is 0.326 e. The summed E-state index contributed by atoms with van der Waals surface area (Å²) in [5.41, 5.74) is 13.3. The van der Waals surface area contributed by atoms with Crippen LogP contribution in [0.1, 0.15) is 31.2 Å². The number of hydrogen-bond acceptors (Lipinski definition) is 4. The fourth-order valence-electron chi connectivity index (χ4n) is 2.84. The van der Waals surface area contributed by atoms with E-state index in [1.807, 2.05) is 30.5 Å². The number of carboxylic acids is 1. The van der Waals surface area contributed by atoms with E-state index in [-0.39, 0.29) is 0 Å². The molecule has 2 atom stereocenters. The number of hydrogen-bond donors (Lipinski definition) is 5. The van der Waals surface area contributed by atoms with E-state index in [1.54, 1.807) is 0 Å². The number of amides is 1. The Kier molecular flexibility index (Phi) is 6.97. The number of carbonyl (C=O) groups is 2. The molecular weight excluding hydrogens is 320 g/mol. The molecule has 0 aliphatic rings. The normalized spacial score (nSPS) is 13.5. The minimum Gasteiger partial charge on any atom is -0.480 e. The van der Waals surface area contributed by atoms with Crippen LogP contribution in [-0.2, 0) is 16.0 Å². The van der Waals surface area contributed by atoms with Crippen LogP contribution in [0.5, 0.6) is 0 Å². The fraction of sp³-hybridized carbons (Fsp3) is 0.444. The molecule has 0 radical (unpaired) electrons. The van der Waals surface area contributed by atoms with Crippen molar-refractivity contribution in [2.45, 2.75) is 44.2 Å². The lowest BCUT2D eigenvalue weighted by molar-refractivity contribution is -0.142. The summed E-state index contributed by atoms with van der Waals surface area (Å²) in [5.74, 6) is -1.49. The number of aliphatic carboxylic acids is 1. The maximum Gasteiger partial charge on any atom is 0.326 e. The lowest BCUT2D eigenvalue weighted by atomic mass is 10.0. The van der Waals surface area contributed by atoms with E-state index < -0.39 is 24.0 Å². The first kappa shape index (κ1) is 19.0. The number of aromatic amines is 1. The highest BCUT2D eigenvalue weighted by Crippen LogP contribution is 2.18. The maximum absolute atomic E-state index is 12.3. The number of aromatic nitrogens is 1. The molecule has 0 fully saturated rings. The highest BCUT2D eigenvalue weighted by molar-refractivity contribution is 5.88. The number of rotatable bonds is 10. The molecule has 0 aliphatic heterocycles. The SMILES string of the molecule is NCCCCC[C@H](NC(=O)[C@@H](N)Cc1c[nH]c2ccccc12)C(=O)O. The van der Waals surface area contributed by atoms with Crippen LogP contribution in [0.3, 0.4) is 0 Å². The Morgan fingerprint density at radius 3 is 2.68 bits per heavy atom. The van der Waals surface area contributed by atoms with Gasteiger partial charge in [-0.1, -0.05) is 31.0 Å². The van der Waals surface area contributed by atoms with E-state index in [9.17, 15) is 14.7 Å². The summed E-state index contributed by atoms with van der Waals surface area (Å²) < 4.78 is 0. The quantitative estimate of drug-likeness (QED) is 0.411. The number of benzene rings is 1. The molecule has 0 aliphatic carbocycles. The monoisotopic (exact) mass is 346 g/mol. The third kappa shape index (κ3) is 5.30. The van der Waals surface area contributed by atoms with Gasteiger partial charge in [-0.25, -0.2) is 4.79 Å². The molecule has 0 saturated heterocycles. The van der Waals surface area contributed by atoms with Crippen LogP contribution in [0.25, 0.3) is 10.9 Å². The number of para-hydroxylation sites is 1. The van der Waals surface area contributed by atoms with Gasteiger partial charge in [0.15, 0.2) is 0 Å². The molecule has 1 heterocycles. The lowest BCUT2D eigenvalue weighted by Crippen LogP contribution is -2.49. The molecule has 2 aromatic rings. The van der Waals surface area contributed by atoms with Crippen LogP contribution < -0.4 is 16.8 Å². The highest BCUT2D eigenvalue weighted by atomic mass is 16.4. The molecule has 0 bridgehead atoms. The Bertz CT molecular complexity index is 713. The van der Waals surface area contributed by atoms with Gasteiger partial charge in [-0.3, -0.25) is 4.79 Å². The largest absolute Gasteiger partial charge is 0.480 e. The lowest BCUT2D eigenvalue weighted by Gasteiger charge is -2.17. The average molecular weight is 346 g/mol. The van der Waals surface area contributed by atoms with Crippen molar-refractivity contribution in [2.75, 3.05) is 6.54 Å². The highest BCUT2D eigenvalue weighted by Gasteiger charge is 2.23. The molecule has 0 spiro atoms. The van der Waals surface area contributed by atoms with Crippen LogP contribution in [0.15, 0.2) is 30.5 Å². The first-order valence-electron chi connectivity index (χ1n) is 8.56. The third-order valence-corrected chi connectivity index (χ3v) is 4.26. The van der Waals surface area contributed by atoms with Crippen LogP contribution in [0.4, 0.5) is 0 Å². The zero-order chi connectivity index (χ0) is 18.2. The van der Waals surface area contributed by atoms with Crippen molar-refractivity contribution in [2.24, 2.45) is 11.5 Å². The summed E-state index contributed by atoms with van der Waals surface area (Å²) in [6.07, 6.45) is 4.94. The summed E-state index contributed by atoms with van der Waals surface area (Å²) in [5, 5.41) is 12.8. The van der Waals surface area contributed by atoms with Crippen LogP contribution in [0.2, 0.25) is 0 Å². The van der Waals surface area contributed by atoms with Crippen molar-refractivity contribution in [3.05, 3.63) is 36.0 Å². The van der Waals surface area contributed by atoms with E-state index in [0.717, 1.165) is 29.3 Å². The first-order valence-corrected chi connectivity index (χ1v) is 8.56. The second-order valence-corrected chi connectivity index (χ2v) is 6.21. The maximum atomic E-state index is 12.3. The third-order valence-electron chi connectivity index (χ3n) is 4.26. The van der Waals surface area contributed by atoms with Crippen molar-refractivity contribution >= 4 is 22.8 Å². The molecule has 1 amide bonds. The number of nitrogens with one attached hydrogen (secondary N) is 2. The molecule has 1 aromatic carbocycles. The van der Waals surface area contributed by atoms with E-state index in [2.05, 4.69) is 10.3 Å². The number of fused-ring (bicyclic) bond motifs is 1. The van der Waals surface area contributed by atoms with Gasteiger partial charge >= 0.3 is 5.97 Å². The summed E-state index contributed by atoms with van der Waals surface area (Å²) in [6.45, 7) is 0.583. The minimum absolute atomic E-state index is 0.343. The topological polar surface area (TPSA) is 134 Å². The summed E-state index contributed by atoms with van der Waals surface area (Å²) in [6, 6.07) is 6.05. The molecule has 0 unspecified atom stereocenters. The predicted octanol–water partition coefficient (Wildman–Crippen LogP) is 1.13. The molecule has 0 saturated carbocycles. The van der Waals surface area contributed by atoms with Gasteiger partial charge < -0.3 is 26.9 Å². The van der Waals surface area contributed by atoms with Crippen molar-refractivity contribution in [3.63, 3.8) is 0 Å². The summed E-state index contributed by atoms with van der Waals surface area (Å²) in [4.78, 5) is 26.7. The molecule has 1 aromatic heterocycles. The van der Waals surface area contributed by atoms with Crippen molar-refractivity contribution in [1.29, 1.82) is 0 Å². The Morgan fingerprint density at radius 2 is 1.96 bits per heavy atom. The Hall–Kier alpha value is -2.38. The van der Waals surface area contributed by atoms with Gasteiger partial charge in [0.1, 0.15) is 6.04 Å². The van der Waals surface area contributed by atoms with E-state index in [4.69, 9.17) is 11.5 Å². The number of unbranched alkanes of at least 4 members (excludes halogenated alkanes) is 2. The number of carboxylic acid groups (broad SMARTS) is 1. The van der Waals surface area contributed by atoms with Crippen molar-refractivity contribution in [3.8, 4) is 0 Å². The van der Waals surface area contributed by atoms with Gasteiger partial charge in [0.2, 0.25) is 5.91 Å². The molecule has 7 nitrogen and oxygen atoms in total. The zero-order valence-corrected chi connectivity index (χ0v) is 14.2. The van der Waals surface area contributed by atoms with E-state index >= 15 is 0 Å². The van der Waals surface area contributed by atoms with E-state index in [1.165, 1.54) is 0 Å². The Labute approximate surface area is 146 Å². The summed E-state index contributed by atoms with van der Waals surface area (Å²) >= 11 is 0. The molecule has 25 heavy (non-hydrogen) atoms. The Morgan fingerprint density at radius 1 is 1.20 bits per heavy atom. The van der Waals surface area contributed by atoms with Gasteiger partial charge in [-0.05, 0) is 37.4 Å². The van der Waals surface area contributed by atoms with Crippen LogP contribution in [-0.4, -0.2) is 40.6 Å². The van der Waals surface area contributed by atoms with Gasteiger partial charge in [0.05, 0.1) is 6.04 Å². The van der Waals surface area contributed by atoms with Gasteiger partial charge in [0, 0.05) is 17.1 Å². The van der Waals surface area contributed by atoms with Gasteiger partial charge in [-0.2, -0.15) is 0 Å². The van der Waals surface area contributed by atoms with Crippen molar-refractivity contribution < 1.29 is 14.7 Å². The molecule has 7 heteroatoms. The number of nitrogens with two attached hydrogens (primary N) is 2. The van der Waals surface area contributed by atoms with Gasteiger partial charge in [-0.15, -0.1) is 0 Å². The molecular formula is C18H26N4O3. The Balaban J connectivity index is 1.92. The fourth-order valence-corrected chi connectivity index (χ4v) is 2.84. The predicted molar refractivity (Wildman–Crippen MR) is 97.1 cm³/mol. The number of H-pyrrole nitrogens is 1. The number of carbonyl (C=O) groups excluding carboxylic acids is 1. The minimum atomic E-state index is -1.04. The average Bonchev–Trinajstić information content (AvgIpc) is 3.00. The van der Waals surface area contributed by atoms with Gasteiger partial charge in [0.25, 0.3) is 0 Å². The zero-order valence-electron chi connectivity index (χ0n) is 14.2. The first-order chi connectivity index (χ1) is 12.0. The van der Waals surface area contributed by atoms with Crippen molar-refractivity contribution in [1.82, 2.24) is 10.3 Å².